The van der Waals surface area contributed by atoms with Gasteiger partial charge in [0.1, 0.15) is 5.78 Å². The maximum atomic E-state index is 13.4. The van der Waals surface area contributed by atoms with Crippen LogP contribution in [0.15, 0.2) is 18.5 Å². The highest BCUT2D eigenvalue weighted by Gasteiger charge is 2.28. The summed E-state index contributed by atoms with van der Waals surface area (Å²) in [5.41, 5.74) is 0.0153. The Morgan fingerprint density at radius 2 is 2.35 bits per heavy atom. The predicted octanol–water partition coefficient (Wildman–Crippen LogP) is 1.27. The van der Waals surface area contributed by atoms with Gasteiger partial charge in [-0.25, -0.2) is 4.39 Å². The summed E-state index contributed by atoms with van der Waals surface area (Å²) < 4.78 is 13.4. The van der Waals surface area contributed by atoms with Crippen molar-refractivity contribution < 1.29 is 14.0 Å². The Kier molecular flexibility index (Phi) is 3.17. The molecule has 1 atom stereocenters. The lowest BCUT2D eigenvalue weighted by molar-refractivity contribution is -0.124. The maximum Gasteiger partial charge on any atom is 0.256 e. The summed E-state index contributed by atoms with van der Waals surface area (Å²) in [6.45, 7) is 2.51. The molecule has 0 radical (unpaired) electrons. The zero-order chi connectivity index (χ0) is 12.4. The van der Waals surface area contributed by atoms with Crippen molar-refractivity contribution in [1.82, 2.24) is 9.88 Å². The van der Waals surface area contributed by atoms with Gasteiger partial charge in [-0.05, 0) is 6.07 Å². The number of amides is 1. The first-order valence-electron chi connectivity index (χ1n) is 5.51. The van der Waals surface area contributed by atoms with Crippen molar-refractivity contribution in [3.8, 4) is 0 Å². The molecule has 1 aromatic heterocycles. The van der Waals surface area contributed by atoms with Crippen LogP contribution >= 0.6 is 0 Å². The van der Waals surface area contributed by atoms with Crippen molar-refractivity contribution >= 4 is 11.7 Å². The smallest absolute Gasteiger partial charge is 0.256 e. The van der Waals surface area contributed by atoms with E-state index in [0.29, 0.717) is 19.5 Å². The highest BCUT2D eigenvalue weighted by molar-refractivity contribution is 5.95. The van der Waals surface area contributed by atoms with Crippen molar-refractivity contribution in [1.29, 1.82) is 0 Å². The predicted molar refractivity (Wildman–Crippen MR) is 58.9 cm³/mol. The Morgan fingerprint density at radius 3 is 3.00 bits per heavy atom. The maximum absolute atomic E-state index is 13.4. The molecule has 90 valence electrons. The summed E-state index contributed by atoms with van der Waals surface area (Å²) in [5.74, 6) is -1.01. The quantitative estimate of drug-likeness (QED) is 0.737. The molecule has 1 aromatic rings. The molecule has 2 rings (SSSR count). The molecule has 17 heavy (non-hydrogen) atoms. The van der Waals surface area contributed by atoms with Crippen LogP contribution in [-0.4, -0.2) is 34.7 Å². The van der Waals surface area contributed by atoms with Gasteiger partial charge in [-0.3, -0.25) is 14.6 Å². The van der Waals surface area contributed by atoms with Gasteiger partial charge in [0.15, 0.2) is 5.82 Å². The molecule has 5 heteroatoms. The summed E-state index contributed by atoms with van der Waals surface area (Å²) in [5, 5.41) is 0. The summed E-state index contributed by atoms with van der Waals surface area (Å²) in [4.78, 5) is 28.5. The first kappa shape index (κ1) is 11.7. The minimum Gasteiger partial charge on any atom is -0.337 e. The van der Waals surface area contributed by atoms with Crippen LogP contribution in [0.2, 0.25) is 0 Å². The van der Waals surface area contributed by atoms with Gasteiger partial charge in [0.05, 0.1) is 11.8 Å². The lowest BCUT2D eigenvalue weighted by Gasteiger charge is -2.30. The van der Waals surface area contributed by atoms with Crippen LogP contribution in [0.1, 0.15) is 23.7 Å². The Bertz CT molecular complexity index is 462. The monoisotopic (exact) mass is 236 g/mol. The fourth-order valence-electron chi connectivity index (χ4n) is 1.92. The first-order valence-corrected chi connectivity index (χ1v) is 5.51. The number of pyridine rings is 1. The van der Waals surface area contributed by atoms with Crippen molar-refractivity contribution in [2.75, 3.05) is 13.1 Å². The molecule has 0 spiro atoms. The van der Waals surface area contributed by atoms with Gasteiger partial charge >= 0.3 is 0 Å². The molecule has 1 aliphatic heterocycles. The number of carbonyl (C=O) groups is 2. The number of rotatable bonds is 1. The number of nitrogens with zero attached hydrogens (tertiary/aromatic N) is 2. The first-order chi connectivity index (χ1) is 8.09. The SMILES string of the molecule is CC1CN(C(=O)c2ccncc2F)CCC1=O. The van der Waals surface area contributed by atoms with E-state index in [2.05, 4.69) is 4.98 Å². The highest BCUT2D eigenvalue weighted by Crippen LogP contribution is 2.16. The van der Waals surface area contributed by atoms with Crippen molar-refractivity contribution in [3.05, 3.63) is 29.8 Å². The minimum atomic E-state index is -0.623. The summed E-state index contributed by atoms with van der Waals surface area (Å²) in [6, 6.07) is 1.36. The van der Waals surface area contributed by atoms with E-state index in [1.54, 1.807) is 6.92 Å². The average molecular weight is 236 g/mol. The van der Waals surface area contributed by atoms with E-state index in [9.17, 15) is 14.0 Å². The van der Waals surface area contributed by atoms with Crippen molar-refractivity contribution in [2.24, 2.45) is 5.92 Å². The second kappa shape index (κ2) is 4.61. The van der Waals surface area contributed by atoms with Crippen LogP contribution in [0, 0.1) is 11.7 Å². The van der Waals surface area contributed by atoms with E-state index in [-0.39, 0.29) is 23.2 Å². The summed E-state index contributed by atoms with van der Waals surface area (Å²) in [6.07, 6.45) is 2.75. The van der Waals surface area contributed by atoms with Gasteiger partial charge < -0.3 is 4.90 Å². The van der Waals surface area contributed by atoms with Crippen LogP contribution in [0.3, 0.4) is 0 Å². The number of piperidine rings is 1. The number of ketones is 1. The Morgan fingerprint density at radius 1 is 1.59 bits per heavy atom. The van der Waals surface area contributed by atoms with Crippen LogP contribution < -0.4 is 0 Å². The van der Waals surface area contributed by atoms with Gasteiger partial charge in [0, 0.05) is 31.6 Å². The van der Waals surface area contributed by atoms with E-state index < -0.39 is 5.82 Å². The lowest BCUT2D eigenvalue weighted by Crippen LogP contribution is -2.43. The fourth-order valence-corrected chi connectivity index (χ4v) is 1.92. The Labute approximate surface area is 98.4 Å². The van der Waals surface area contributed by atoms with Crippen LogP contribution in [0.4, 0.5) is 4.39 Å². The van der Waals surface area contributed by atoms with Crippen LogP contribution in [0.5, 0.6) is 0 Å². The van der Waals surface area contributed by atoms with E-state index in [1.807, 2.05) is 0 Å². The number of carbonyl (C=O) groups excluding carboxylic acids is 2. The number of likely N-dealkylation sites (tertiary alicyclic amines) is 1. The Hall–Kier alpha value is -1.78. The molecule has 0 aromatic carbocycles. The van der Waals surface area contributed by atoms with Gasteiger partial charge in [-0.15, -0.1) is 0 Å². The molecule has 1 unspecified atom stereocenters. The largest absolute Gasteiger partial charge is 0.337 e. The van der Waals surface area contributed by atoms with Crippen molar-refractivity contribution in [2.45, 2.75) is 13.3 Å². The second-order valence-electron chi connectivity index (χ2n) is 4.22. The van der Waals surface area contributed by atoms with E-state index in [0.717, 1.165) is 6.20 Å². The molecule has 0 bridgehead atoms. The third-order valence-corrected chi connectivity index (χ3v) is 2.96. The number of hydrogen-bond donors (Lipinski definition) is 0. The number of halogens is 1. The van der Waals surface area contributed by atoms with Crippen LogP contribution in [-0.2, 0) is 4.79 Å². The van der Waals surface area contributed by atoms with E-state index >= 15 is 0 Å². The van der Waals surface area contributed by atoms with Crippen molar-refractivity contribution in [3.63, 3.8) is 0 Å². The summed E-state index contributed by atoms with van der Waals surface area (Å²) >= 11 is 0. The zero-order valence-corrected chi connectivity index (χ0v) is 9.52. The van der Waals surface area contributed by atoms with Gasteiger partial charge in [-0.2, -0.15) is 0 Å². The topological polar surface area (TPSA) is 50.3 Å². The van der Waals surface area contributed by atoms with E-state index in [1.165, 1.54) is 17.2 Å². The third-order valence-electron chi connectivity index (χ3n) is 2.96. The molecular formula is C12H13FN2O2. The van der Waals surface area contributed by atoms with Gasteiger partial charge in [0.25, 0.3) is 5.91 Å². The normalized spacial score (nSPS) is 20.5. The zero-order valence-electron chi connectivity index (χ0n) is 9.52. The third kappa shape index (κ3) is 2.33. The number of aromatic nitrogens is 1. The van der Waals surface area contributed by atoms with Crippen LogP contribution in [0.25, 0.3) is 0 Å². The molecule has 0 aliphatic carbocycles. The molecule has 1 fully saturated rings. The standard InChI is InChI=1S/C12H13FN2O2/c1-8-7-15(5-3-11(8)16)12(17)9-2-4-14-6-10(9)13/h2,4,6,8H,3,5,7H2,1H3. The summed E-state index contributed by atoms with van der Waals surface area (Å²) in [7, 11) is 0. The second-order valence-corrected chi connectivity index (χ2v) is 4.22. The molecule has 4 nitrogen and oxygen atoms in total. The molecule has 1 aliphatic rings. The average Bonchev–Trinajstić information content (AvgIpc) is 2.32. The molecule has 1 saturated heterocycles. The Balaban J connectivity index is 2.16. The van der Waals surface area contributed by atoms with Gasteiger partial charge in [0.2, 0.25) is 0 Å². The molecule has 0 N–H and O–H groups in total. The molecule has 2 heterocycles. The number of hydrogen-bond acceptors (Lipinski definition) is 3. The van der Waals surface area contributed by atoms with E-state index in [4.69, 9.17) is 0 Å². The molecule has 0 saturated carbocycles. The molecular weight excluding hydrogens is 223 g/mol. The fraction of sp³-hybridized carbons (Fsp3) is 0.417. The lowest BCUT2D eigenvalue weighted by atomic mass is 9.98. The van der Waals surface area contributed by atoms with Gasteiger partial charge in [-0.1, -0.05) is 6.92 Å². The highest BCUT2D eigenvalue weighted by atomic mass is 19.1. The molecule has 1 amide bonds. The number of Topliss-reactive ketones (excluding diaryl/α,β-unsaturated/α-hetero) is 1. The minimum absolute atomic E-state index is 0.0153.